The molecule has 7 heteroatoms. The van der Waals surface area contributed by atoms with E-state index in [1.54, 1.807) is 7.11 Å². The molecule has 0 aromatic heterocycles. The monoisotopic (exact) mass is 425 g/mol. The summed E-state index contributed by atoms with van der Waals surface area (Å²) in [7, 11) is 1.69. The quantitative estimate of drug-likeness (QED) is 0.532. The maximum Gasteiger partial charge on any atom is 0.147 e. The molecule has 1 aromatic carbocycles. The summed E-state index contributed by atoms with van der Waals surface area (Å²) >= 11 is 7.03. The van der Waals surface area contributed by atoms with Gasteiger partial charge in [0.1, 0.15) is 12.4 Å². The minimum atomic E-state index is 0.0259. The van der Waals surface area contributed by atoms with Crippen molar-refractivity contribution in [1.82, 2.24) is 5.32 Å². The van der Waals surface area contributed by atoms with Crippen LogP contribution in [0.2, 0.25) is 0 Å². The van der Waals surface area contributed by atoms with Gasteiger partial charge >= 0.3 is 0 Å². The maximum absolute atomic E-state index is 8.61. The highest BCUT2D eigenvalue weighted by molar-refractivity contribution is 9.11. The molecule has 21 heavy (non-hydrogen) atoms. The highest BCUT2D eigenvalue weighted by atomic mass is 79.9. The number of halogens is 2. The van der Waals surface area contributed by atoms with E-state index in [1.165, 1.54) is 0 Å². The highest BCUT2D eigenvalue weighted by Crippen LogP contribution is 2.34. The third-order valence-corrected chi connectivity index (χ3v) is 3.76. The molecule has 120 valence electrons. The lowest BCUT2D eigenvalue weighted by atomic mass is 10.2. The van der Waals surface area contributed by atoms with Crippen LogP contribution in [0.25, 0.3) is 0 Å². The number of hydrogen-bond donors (Lipinski definition) is 2. The Bertz CT molecular complexity index is 395. The van der Waals surface area contributed by atoms with E-state index in [0.717, 1.165) is 33.3 Å². The highest BCUT2D eigenvalue weighted by Gasteiger charge is 2.09. The first kappa shape index (κ1) is 18.9. The van der Waals surface area contributed by atoms with Crippen molar-refractivity contribution in [2.24, 2.45) is 0 Å². The van der Waals surface area contributed by atoms with Crippen LogP contribution >= 0.6 is 31.9 Å². The molecule has 0 aliphatic carbocycles. The first-order valence-corrected chi connectivity index (χ1v) is 8.26. The fourth-order valence-corrected chi connectivity index (χ4v) is 3.14. The molecule has 0 saturated carbocycles. The molecule has 2 N–H and O–H groups in total. The summed E-state index contributed by atoms with van der Waals surface area (Å²) in [4.78, 5) is 0. The van der Waals surface area contributed by atoms with E-state index >= 15 is 0 Å². The third-order valence-electron chi connectivity index (χ3n) is 2.58. The number of hydrogen-bond acceptors (Lipinski definition) is 5. The van der Waals surface area contributed by atoms with Crippen LogP contribution in [0.1, 0.15) is 5.56 Å². The average Bonchev–Trinajstić information content (AvgIpc) is 2.46. The lowest BCUT2D eigenvalue weighted by Gasteiger charge is -2.13. The van der Waals surface area contributed by atoms with Crippen LogP contribution in [0.15, 0.2) is 21.1 Å². The molecule has 0 amide bonds. The number of rotatable bonds is 11. The molecule has 1 rings (SSSR count). The Balaban J connectivity index is 2.46. The normalized spacial score (nSPS) is 10.9. The smallest absolute Gasteiger partial charge is 0.147 e. The molecular weight excluding hydrogens is 406 g/mol. The Morgan fingerprint density at radius 1 is 1.10 bits per heavy atom. The van der Waals surface area contributed by atoms with Crippen LogP contribution in [-0.4, -0.2) is 51.8 Å². The molecule has 5 nitrogen and oxygen atoms in total. The van der Waals surface area contributed by atoms with Crippen molar-refractivity contribution in [3.8, 4) is 5.75 Å². The van der Waals surface area contributed by atoms with Gasteiger partial charge < -0.3 is 24.6 Å². The Labute approximate surface area is 142 Å². The van der Waals surface area contributed by atoms with Crippen molar-refractivity contribution in [1.29, 1.82) is 0 Å². The average molecular weight is 427 g/mol. The number of aliphatic hydroxyl groups excluding tert-OH is 1. The van der Waals surface area contributed by atoms with Crippen LogP contribution in [0.3, 0.4) is 0 Å². The van der Waals surface area contributed by atoms with Crippen LogP contribution in [0.5, 0.6) is 5.75 Å². The Hall–Kier alpha value is -0.180. The van der Waals surface area contributed by atoms with E-state index in [1.807, 2.05) is 12.1 Å². The molecule has 0 bridgehead atoms. The number of nitrogens with one attached hydrogen (secondary N) is 1. The van der Waals surface area contributed by atoms with Crippen molar-refractivity contribution >= 4 is 31.9 Å². The van der Waals surface area contributed by atoms with E-state index in [-0.39, 0.29) is 6.61 Å². The van der Waals surface area contributed by atoms with Crippen LogP contribution < -0.4 is 10.1 Å². The minimum Gasteiger partial charge on any atom is -0.489 e. The van der Waals surface area contributed by atoms with Crippen LogP contribution in [0.4, 0.5) is 0 Å². The number of ether oxygens (including phenoxy) is 3. The van der Waals surface area contributed by atoms with Gasteiger partial charge in [-0.15, -0.1) is 0 Å². The van der Waals surface area contributed by atoms with Crippen molar-refractivity contribution in [3.05, 3.63) is 26.6 Å². The second kappa shape index (κ2) is 11.4. The van der Waals surface area contributed by atoms with Gasteiger partial charge in [0.2, 0.25) is 0 Å². The summed E-state index contributed by atoms with van der Waals surface area (Å²) in [5, 5.41) is 11.9. The fraction of sp³-hybridized carbons (Fsp3) is 0.571. The zero-order valence-electron chi connectivity index (χ0n) is 12.0. The van der Waals surface area contributed by atoms with Gasteiger partial charge in [0.05, 0.1) is 35.4 Å². The lowest BCUT2D eigenvalue weighted by molar-refractivity contribution is 0.0702. The van der Waals surface area contributed by atoms with E-state index in [9.17, 15) is 0 Å². The Morgan fingerprint density at radius 2 is 1.81 bits per heavy atom. The lowest BCUT2D eigenvalue weighted by Crippen LogP contribution is -2.18. The van der Waals surface area contributed by atoms with Gasteiger partial charge in [0.25, 0.3) is 0 Å². The van der Waals surface area contributed by atoms with Gasteiger partial charge in [0, 0.05) is 20.2 Å². The molecule has 0 aliphatic rings. The molecule has 0 unspecified atom stereocenters. The van der Waals surface area contributed by atoms with Crippen molar-refractivity contribution in [3.63, 3.8) is 0 Å². The summed E-state index contributed by atoms with van der Waals surface area (Å²) < 4.78 is 17.6. The van der Waals surface area contributed by atoms with Crippen molar-refractivity contribution in [2.45, 2.75) is 6.54 Å². The topological polar surface area (TPSA) is 60.0 Å². The summed E-state index contributed by atoms with van der Waals surface area (Å²) in [5.41, 5.74) is 1.15. The van der Waals surface area contributed by atoms with Crippen LogP contribution in [0, 0.1) is 0 Å². The minimum absolute atomic E-state index is 0.0259. The molecule has 0 radical (unpaired) electrons. The third kappa shape index (κ3) is 7.58. The summed E-state index contributed by atoms with van der Waals surface area (Å²) in [5.74, 6) is 0.753. The predicted molar refractivity (Wildman–Crippen MR) is 88.8 cm³/mol. The Morgan fingerprint density at radius 3 is 2.43 bits per heavy atom. The Kier molecular flexibility index (Phi) is 10.2. The van der Waals surface area contributed by atoms with E-state index < -0.39 is 0 Å². The van der Waals surface area contributed by atoms with Gasteiger partial charge in [0.15, 0.2) is 0 Å². The maximum atomic E-state index is 8.61. The first-order chi connectivity index (χ1) is 10.2. The predicted octanol–water partition coefficient (Wildman–Crippen LogP) is 2.34. The summed E-state index contributed by atoms with van der Waals surface area (Å²) in [6.45, 7) is 3.50. The molecule has 0 heterocycles. The number of methoxy groups -OCH3 is 1. The summed E-state index contributed by atoms with van der Waals surface area (Å²) in [6, 6.07) is 4.04. The number of benzene rings is 1. The molecule has 1 aromatic rings. The van der Waals surface area contributed by atoms with Crippen molar-refractivity contribution < 1.29 is 19.3 Å². The molecule has 0 spiro atoms. The van der Waals surface area contributed by atoms with E-state index in [4.69, 9.17) is 19.3 Å². The molecule has 0 saturated heterocycles. The van der Waals surface area contributed by atoms with Gasteiger partial charge in [-0.3, -0.25) is 0 Å². The molecular formula is C14H21Br2NO4. The van der Waals surface area contributed by atoms with Gasteiger partial charge in [-0.25, -0.2) is 0 Å². The zero-order chi connectivity index (χ0) is 15.5. The van der Waals surface area contributed by atoms with Crippen molar-refractivity contribution in [2.75, 3.05) is 46.7 Å². The first-order valence-electron chi connectivity index (χ1n) is 6.68. The largest absolute Gasteiger partial charge is 0.489 e. The van der Waals surface area contributed by atoms with E-state index in [2.05, 4.69) is 37.2 Å². The van der Waals surface area contributed by atoms with Gasteiger partial charge in [-0.2, -0.15) is 0 Å². The van der Waals surface area contributed by atoms with E-state index in [0.29, 0.717) is 26.4 Å². The SMILES string of the molecule is COCCNCc1cc(Br)c(OCCOCCO)c(Br)c1. The van der Waals surface area contributed by atoms with Gasteiger partial charge in [-0.05, 0) is 49.6 Å². The van der Waals surface area contributed by atoms with Crippen LogP contribution in [-0.2, 0) is 16.0 Å². The second-order valence-electron chi connectivity index (χ2n) is 4.24. The molecule has 0 aliphatic heterocycles. The number of aliphatic hydroxyl groups is 1. The summed E-state index contributed by atoms with van der Waals surface area (Å²) in [6.07, 6.45) is 0. The van der Waals surface area contributed by atoms with Gasteiger partial charge in [-0.1, -0.05) is 0 Å². The molecule has 0 atom stereocenters. The standard InChI is InChI=1S/C14H21Br2NO4/c1-19-4-2-17-10-11-8-12(15)14(13(16)9-11)21-7-6-20-5-3-18/h8-9,17-18H,2-7,10H2,1H3. The second-order valence-corrected chi connectivity index (χ2v) is 5.95. The zero-order valence-corrected chi connectivity index (χ0v) is 15.2. The fourth-order valence-electron chi connectivity index (χ4n) is 1.63. The molecule has 0 fully saturated rings.